The molecule has 1 N–H and O–H groups in total. The molecule has 16 aromatic rings. The molecule has 0 aliphatic heterocycles. The molecule has 3 heterocycles. The highest BCUT2D eigenvalue weighted by molar-refractivity contribution is 9.10. The molecule has 3 aromatic heterocycles. The summed E-state index contributed by atoms with van der Waals surface area (Å²) in [5.74, 6) is 0. The first kappa shape index (κ1) is 59.7. The maximum Gasteiger partial charge on any atom is 0.0619 e. The molecule has 0 aliphatic rings. The van der Waals surface area contributed by atoms with Gasteiger partial charge in [0.2, 0.25) is 0 Å². The fourth-order valence-corrected chi connectivity index (χ4v) is 12.9. The molecule has 0 unspecified atom stereocenters. The van der Waals surface area contributed by atoms with Crippen molar-refractivity contribution in [1.82, 2.24) is 14.1 Å². The van der Waals surface area contributed by atoms with Crippen LogP contribution < -0.4 is 0 Å². The van der Waals surface area contributed by atoms with Gasteiger partial charge in [-0.3, -0.25) is 0 Å². The zero-order valence-corrected chi connectivity index (χ0v) is 49.5. The Balaban J connectivity index is 0.000000182. The Labute approximate surface area is 533 Å². The van der Waals surface area contributed by atoms with Gasteiger partial charge in [-0.1, -0.05) is 315 Å². The maximum absolute atomic E-state index is 3.58. The lowest BCUT2D eigenvalue weighted by molar-refractivity contribution is 1.13. The standard InChI is InChI=1S/C50H34N2.C20H15N.C10H6Br2.3CH4/c1-5-17-35(18-6-1)47-43-25-13-15-27-45(43)51(49(47)37-21-9-3-10-22-37)41-31-29-40-34-42(32-30-39(40)33-41)52-46-28-16-14-26-44(46)48(36-19-7-2-8-20-36)50(52)38-23-11-4-12-24-38;1-3-9-15(10-4-1)19-17-13-7-8-14-18(17)21-20(19)16-11-5-2-6-12-16;11-9-3-1-7-5-10(12)4-2-8(7)6-9;;;/h1-34H;1-14,21H;1-6H;3*1H4. The summed E-state index contributed by atoms with van der Waals surface area (Å²) in [6, 6.07) is 117. The fraction of sp³-hybridized carbons (Fsp3) is 0.0361. The first-order valence-corrected chi connectivity index (χ1v) is 30.2. The number of H-pyrrole nitrogens is 1. The van der Waals surface area contributed by atoms with E-state index >= 15 is 0 Å². The molecule has 88 heavy (non-hydrogen) atoms. The van der Waals surface area contributed by atoms with Gasteiger partial charge in [0.05, 0.1) is 28.1 Å². The number of hydrogen-bond donors (Lipinski definition) is 1. The number of hydrogen-bond acceptors (Lipinski definition) is 0. The minimum absolute atomic E-state index is 0. The van der Waals surface area contributed by atoms with E-state index in [0.717, 1.165) is 20.3 Å². The molecular formula is C83H67Br2N3. The number of nitrogens with zero attached hydrogens (tertiary/aromatic N) is 2. The van der Waals surface area contributed by atoms with Gasteiger partial charge in [0, 0.05) is 58.7 Å². The zero-order chi connectivity index (χ0) is 57.1. The SMILES string of the molecule is Brc1ccc2cc(Br)ccc2c1.C.C.C.c1ccc(-c2[nH]c3ccccc3c2-c2ccccc2)cc1.c1ccc(-c2c(-c3ccccc3)n(-c3ccc4cc(-n5c(-c6ccccc6)c(-c6ccccc6)c6ccccc65)ccc4c3)c3ccccc23)cc1. The van der Waals surface area contributed by atoms with Crippen LogP contribution in [0.1, 0.15) is 22.3 Å². The van der Waals surface area contributed by atoms with E-state index in [4.69, 9.17) is 0 Å². The molecule has 0 fully saturated rings. The molecule has 16 rings (SSSR count). The number of para-hydroxylation sites is 3. The second kappa shape index (κ2) is 26.7. The predicted molar refractivity (Wildman–Crippen MR) is 388 cm³/mol. The van der Waals surface area contributed by atoms with Crippen LogP contribution in [0, 0.1) is 0 Å². The van der Waals surface area contributed by atoms with E-state index in [1.165, 1.54) is 121 Å². The number of fused-ring (bicyclic) bond motifs is 5. The third kappa shape index (κ3) is 11.7. The van der Waals surface area contributed by atoms with Crippen molar-refractivity contribution < 1.29 is 0 Å². The largest absolute Gasteiger partial charge is 0.354 e. The smallest absolute Gasteiger partial charge is 0.0619 e. The van der Waals surface area contributed by atoms with Crippen molar-refractivity contribution in [3.05, 3.63) is 337 Å². The van der Waals surface area contributed by atoms with Crippen LogP contribution in [-0.4, -0.2) is 14.1 Å². The summed E-state index contributed by atoms with van der Waals surface area (Å²) >= 11 is 6.88. The first-order valence-electron chi connectivity index (χ1n) is 28.6. The van der Waals surface area contributed by atoms with Crippen LogP contribution in [0.3, 0.4) is 0 Å². The van der Waals surface area contributed by atoms with Gasteiger partial charge in [-0.25, -0.2) is 0 Å². The van der Waals surface area contributed by atoms with Crippen LogP contribution in [0.2, 0.25) is 0 Å². The van der Waals surface area contributed by atoms with Gasteiger partial charge >= 0.3 is 0 Å². The summed E-state index contributed by atoms with van der Waals surface area (Å²) in [6.07, 6.45) is 0. The van der Waals surface area contributed by atoms with E-state index in [2.05, 4.69) is 367 Å². The average Bonchev–Trinajstić information content (AvgIpc) is 1.62. The molecular weight excluding hydrogens is 1200 g/mol. The summed E-state index contributed by atoms with van der Waals surface area (Å²) in [5.41, 5.74) is 20.5. The second-order valence-electron chi connectivity index (χ2n) is 21.1. The first-order chi connectivity index (χ1) is 42.0. The predicted octanol–water partition coefficient (Wildman–Crippen LogP) is 25.2. The molecule has 0 atom stereocenters. The van der Waals surface area contributed by atoms with Crippen molar-refractivity contribution in [1.29, 1.82) is 0 Å². The summed E-state index contributed by atoms with van der Waals surface area (Å²) in [6.45, 7) is 0. The third-order valence-corrected chi connectivity index (χ3v) is 16.9. The monoisotopic (exact) mass is 1260 g/mol. The Kier molecular flexibility index (Phi) is 18.1. The molecule has 0 saturated heterocycles. The van der Waals surface area contributed by atoms with Gasteiger partial charge < -0.3 is 14.1 Å². The normalized spacial score (nSPS) is 10.8. The van der Waals surface area contributed by atoms with Gasteiger partial charge in [0.25, 0.3) is 0 Å². The molecule has 0 aliphatic carbocycles. The topological polar surface area (TPSA) is 25.6 Å². The van der Waals surface area contributed by atoms with Crippen molar-refractivity contribution in [3.63, 3.8) is 0 Å². The van der Waals surface area contributed by atoms with Crippen molar-refractivity contribution in [2.75, 3.05) is 0 Å². The van der Waals surface area contributed by atoms with Crippen LogP contribution in [0.15, 0.2) is 337 Å². The Morgan fingerprint density at radius 1 is 0.250 bits per heavy atom. The van der Waals surface area contributed by atoms with E-state index < -0.39 is 0 Å². The molecule has 13 aromatic carbocycles. The van der Waals surface area contributed by atoms with Crippen LogP contribution in [0.5, 0.6) is 0 Å². The number of rotatable bonds is 8. The van der Waals surface area contributed by atoms with Crippen molar-refractivity contribution in [2.24, 2.45) is 0 Å². The van der Waals surface area contributed by atoms with Gasteiger partial charge in [0.1, 0.15) is 0 Å². The van der Waals surface area contributed by atoms with Crippen molar-refractivity contribution >= 4 is 86.1 Å². The Bertz CT molecular complexity index is 4750. The molecule has 428 valence electrons. The highest BCUT2D eigenvalue weighted by Crippen LogP contribution is 2.46. The minimum Gasteiger partial charge on any atom is -0.354 e. The van der Waals surface area contributed by atoms with Gasteiger partial charge in [-0.05, 0) is 122 Å². The van der Waals surface area contributed by atoms with Crippen LogP contribution in [0.25, 0.3) is 133 Å². The highest BCUT2D eigenvalue weighted by atomic mass is 79.9. The Hall–Kier alpha value is -10.0. The summed E-state index contributed by atoms with van der Waals surface area (Å²) < 4.78 is 7.13. The Morgan fingerprint density at radius 3 is 0.966 bits per heavy atom. The van der Waals surface area contributed by atoms with Crippen LogP contribution in [-0.2, 0) is 0 Å². The number of aromatic nitrogens is 3. The molecule has 0 bridgehead atoms. The zero-order valence-electron chi connectivity index (χ0n) is 46.3. The third-order valence-electron chi connectivity index (χ3n) is 15.9. The van der Waals surface area contributed by atoms with E-state index in [9.17, 15) is 0 Å². The summed E-state index contributed by atoms with van der Waals surface area (Å²) in [5, 5.41) is 8.65. The van der Waals surface area contributed by atoms with Crippen molar-refractivity contribution in [3.8, 4) is 78.5 Å². The Morgan fingerprint density at radius 2 is 0.557 bits per heavy atom. The van der Waals surface area contributed by atoms with Crippen LogP contribution >= 0.6 is 31.9 Å². The molecule has 0 radical (unpaired) electrons. The number of halogens is 2. The number of benzene rings is 13. The van der Waals surface area contributed by atoms with Crippen LogP contribution in [0.4, 0.5) is 0 Å². The van der Waals surface area contributed by atoms with E-state index in [1.807, 2.05) is 6.07 Å². The molecule has 0 amide bonds. The lowest BCUT2D eigenvalue weighted by Gasteiger charge is -2.16. The molecule has 0 spiro atoms. The molecule has 3 nitrogen and oxygen atoms in total. The lowest BCUT2D eigenvalue weighted by atomic mass is 9.98. The fourth-order valence-electron chi connectivity index (χ4n) is 12.1. The van der Waals surface area contributed by atoms with Gasteiger partial charge in [-0.2, -0.15) is 0 Å². The number of aromatic amines is 1. The van der Waals surface area contributed by atoms with Gasteiger partial charge in [0.15, 0.2) is 0 Å². The quantitative estimate of drug-likeness (QED) is 0.157. The van der Waals surface area contributed by atoms with Gasteiger partial charge in [-0.15, -0.1) is 0 Å². The maximum atomic E-state index is 3.58. The van der Waals surface area contributed by atoms with E-state index in [0.29, 0.717) is 0 Å². The average molecular weight is 1270 g/mol. The van der Waals surface area contributed by atoms with Crippen molar-refractivity contribution in [2.45, 2.75) is 22.3 Å². The second-order valence-corrected chi connectivity index (χ2v) is 23.0. The van der Waals surface area contributed by atoms with E-state index in [1.54, 1.807) is 0 Å². The number of nitrogens with one attached hydrogen (secondary N) is 1. The summed E-state index contributed by atoms with van der Waals surface area (Å²) in [7, 11) is 0. The summed E-state index contributed by atoms with van der Waals surface area (Å²) in [4.78, 5) is 3.58. The van der Waals surface area contributed by atoms with E-state index in [-0.39, 0.29) is 22.3 Å². The lowest BCUT2D eigenvalue weighted by Crippen LogP contribution is -1.99. The molecule has 5 heteroatoms. The molecule has 0 saturated carbocycles. The highest BCUT2D eigenvalue weighted by Gasteiger charge is 2.24. The minimum atomic E-state index is 0.